The number of rotatable bonds is 6. The van der Waals surface area contributed by atoms with Gasteiger partial charge in [-0.3, -0.25) is 4.79 Å². The number of imidazole rings is 1. The third-order valence-corrected chi connectivity index (χ3v) is 4.37. The zero-order valence-electron chi connectivity index (χ0n) is 14.4. The van der Waals surface area contributed by atoms with Crippen molar-refractivity contribution in [2.24, 2.45) is 0 Å². The Morgan fingerprint density at radius 1 is 1.40 bits per heavy atom. The summed E-state index contributed by atoms with van der Waals surface area (Å²) in [4.78, 5) is 21.0. The number of aromatic amines is 1. The normalized spacial score (nSPS) is 21.2. The number of halogens is 1. The summed E-state index contributed by atoms with van der Waals surface area (Å²) >= 11 is 0. The Labute approximate surface area is 146 Å². The molecule has 2 aromatic rings. The Kier molecular flexibility index (Phi) is 5.45. The molecule has 6 nitrogen and oxygen atoms in total. The number of carbonyl (C=O) groups is 1. The van der Waals surface area contributed by atoms with E-state index in [1.165, 1.54) is 12.1 Å². The third-order valence-electron chi connectivity index (χ3n) is 4.37. The smallest absolute Gasteiger partial charge is 0.251 e. The lowest BCUT2D eigenvalue weighted by Crippen LogP contribution is -2.36. The van der Waals surface area contributed by atoms with Crippen LogP contribution in [0, 0.1) is 5.82 Å². The van der Waals surface area contributed by atoms with Crippen LogP contribution in [0.4, 0.5) is 4.39 Å². The lowest BCUT2D eigenvalue weighted by Gasteiger charge is -2.21. The minimum atomic E-state index is -0.366. The molecule has 3 rings (SSSR count). The summed E-state index contributed by atoms with van der Waals surface area (Å²) in [5, 5.41) is 3.42. The van der Waals surface area contributed by atoms with Gasteiger partial charge in [-0.15, -0.1) is 0 Å². The Morgan fingerprint density at radius 2 is 2.16 bits per heavy atom. The van der Waals surface area contributed by atoms with Gasteiger partial charge in [0.05, 0.1) is 12.1 Å². The van der Waals surface area contributed by atoms with Crippen LogP contribution in [-0.2, 0) is 9.53 Å². The van der Waals surface area contributed by atoms with Gasteiger partial charge >= 0.3 is 0 Å². The number of hydrogen-bond donors (Lipinski definition) is 2. The maximum atomic E-state index is 13.2. The molecule has 25 heavy (non-hydrogen) atoms. The lowest BCUT2D eigenvalue weighted by molar-refractivity contribution is -0.140. The van der Waals surface area contributed by atoms with Crippen LogP contribution in [0.25, 0.3) is 0 Å². The second kappa shape index (κ2) is 7.76. The molecule has 0 spiro atoms. The van der Waals surface area contributed by atoms with Gasteiger partial charge in [0.2, 0.25) is 0 Å². The first-order valence-electron chi connectivity index (χ1n) is 8.39. The van der Waals surface area contributed by atoms with E-state index in [1.807, 2.05) is 0 Å². The summed E-state index contributed by atoms with van der Waals surface area (Å²) in [6.07, 6.45) is 4.59. The van der Waals surface area contributed by atoms with E-state index < -0.39 is 0 Å². The van der Waals surface area contributed by atoms with Gasteiger partial charge in [-0.25, -0.2) is 9.37 Å². The Morgan fingerprint density at radius 3 is 2.80 bits per heavy atom. The van der Waals surface area contributed by atoms with Crippen molar-refractivity contribution in [3.8, 4) is 0 Å². The van der Waals surface area contributed by atoms with E-state index in [2.05, 4.69) is 15.3 Å². The van der Waals surface area contributed by atoms with Gasteiger partial charge in [-0.05, 0) is 30.5 Å². The van der Waals surface area contributed by atoms with E-state index in [4.69, 9.17) is 4.74 Å². The Hall–Kier alpha value is -2.25. The molecule has 2 N–H and O–H groups in total. The number of amides is 1. The molecule has 2 heterocycles. The topological polar surface area (TPSA) is 70.2 Å². The summed E-state index contributed by atoms with van der Waals surface area (Å²) in [7, 11) is 3.47. The summed E-state index contributed by atoms with van der Waals surface area (Å²) in [5.41, 5.74) is 0.912. The molecule has 7 heteroatoms. The van der Waals surface area contributed by atoms with Gasteiger partial charge in [-0.1, -0.05) is 12.1 Å². The van der Waals surface area contributed by atoms with Gasteiger partial charge in [-0.2, -0.15) is 0 Å². The predicted octanol–water partition coefficient (Wildman–Crippen LogP) is 1.86. The second-order valence-corrected chi connectivity index (χ2v) is 6.42. The van der Waals surface area contributed by atoms with Crippen molar-refractivity contribution in [2.75, 3.05) is 20.6 Å². The molecule has 1 amide bonds. The Bertz CT molecular complexity index is 688. The van der Waals surface area contributed by atoms with Crippen LogP contribution < -0.4 is 5.32 Å². The number of carbonyl (C=O) groups excluding carboxylic acids is 1. The highest BCUT2D eigenvalue weighted by molar-refractivity contribution is 5.80. The second-order valence-electron chi connectivity index (χ2n) is 6.42. The van der Waals surface area contributed by atoms with Gasteiger partial charge in [0.15, 0.2) is 0 Å². The van der Waals surface area contributed by atoms with Crippen LogP contribution in [-0.4, -0.2) is 53.6 Å². The number of nitrogens with one attached hydrogen (secondary N) is 2. The number of benzene rings is 1. The van der Waals surface area contributed by atoms with Crippen molar-refractivity contribution in [1.29, 1.82) is 0 Å². The quantitative estimate of drug-likeness (QED) is 0.838. The molecule has 0 radical (unpaired) electrons. The number of nitrogens with zero attached hydrogens (tertiary/aromatic N) is 2. The van der Waals surface area contributed by atoms with Gasteiger partial charge in [0.25, 0.3) is 5.91 Å². The van der Waals surface area contributed by atoms with Crippen molar-refractivity contribution in [3.05, 3.63) is 53.9 Å². The molecule has 3 atom stereocenters. The van der Waals surface area contributed by atoms with Crippen molar-refractivity contribution < 1.29 is 13.9 Å². The first kappa shape index (κ1) is 17.6. The predicted molar refractivity (Wildman–Crippen MR) is 91.4 cm³/mol. The highest BCUT2D eigenvalue weighted by atomic mass is 19.1. The van der Waals surface area contributed by atoms with Crippen molar-refractivity contribution in [2.45, 2.75) is 31.1 Å². The molecule has 0 aliphatic carbocycles. The fraction of sp³-hybridized carbons (Fsp3) is 0.444. The van der Waals surface area contributed by atoms with E-state index in [9.17, 15) is 9.18 Å². The number of aromatic nitrogens is 2. The largest absolute Gasteiger partial charge is 0.364 e. The zero-order chi connectivity index (χ0) is 17.8. The summed E-state index contributed by atoms with van der Waals surface area (Å²) < 4.78 is 19.1. The van der Waals surface area contributed by atoms with Crippen LogP contribution >= 0.6 is 0 Å². The number of ether oxygens (including phenoxy) is 1. The molecule has 0 saturated carbocycles. The number of H-pyrrole nitrogens is 1. The average molecular weight is 346 g/mol. The Balaban J connectivity index is 1.64. The molecule has 1 aromatic carbocycles. The fourth-order valence-electron chi connectivity index (χ4n) is 3.04. The van der Waals surface area contributed by atoms with Crippen LogP contribution in [0.5, 0.6) is 0 Å². The summed E-state index contributed by atoms with van der Waals surface area (Å²) in [6, 6.07) is 6.16. The van der Waals surface area contributed by atoms with Crippen molar-refractivity contribution in [3.63, 3.8) is 0 Å². The van der Waals surface area contributed by atoms with E-state index in [0.717, 1.165) is 24.2 Å². The SMILES string of the molecule is CN(C)C(=O)[C@@H]1CC[C@H](CN[C@H](c2ccc(F)cc2)c2ncc[nH]2)O1. The minimum absolute atomic E-state index is 0.00335. The molecular weight excluding hydrogens is 323 g/mol. The van der Waals surface area contributed by atoms with E-state index >= 15 is 0 Å². The maximum absolute atomic E-state index is 13.2. The maximum Gasteiger partial charge on any atom is 0.251 e. The summed E-state index contributed by atoms with van der Waals surface area (Å²) in [6.45, 7) is 0.583. The number of likely N-dealkylation sites (N-methyl/N-ethyl adjacent to an activating group) is 1. The first-order valence-corrected chi connectivity index (χ1v) is 8.39. The van der Waals surface area contributed by atoms with E-state index in [-0.39, 0.29) is 30.0 Å². The number of hydrogen-bond acceptors (Lipinski definition) is 4. The summed E-state index contributed by atoms with van der Waals surface area (Å²) in [5.74, 6) is 0.486. The first-order chi connectivity index (χ1) is 12.0. The zero-order valence-corrected chi connectivity index (χ0v) is 14.4. The van der Waals surface area contributed by atoms with Crippen molar-refractivity contribution >= 4 is 5.91 Å². The minimum Gasteiger partial charge on any atom is -0.364 e. The van der Waals surface area contributed by atoms with Gasteiger partial charge < -0.3 is 19.9 Å². The molecule has 1 aromatic heterocycles. The van der Waals surface area contributed by atoms with Crippen LogP contribution in [0.15, 0.2) is 36.7 Å². The third kappa shape index (κ3) is 4.24. The molecule has 1 aliphatic heterocycles. The highest BCUT2D eigenvalue weighted by Crippen LogP contribution is 2.23. The van der Waals surface area contributed by atoms with Crippen molar-refractivity contribution in [1.82, 2.24) is 20.2 Å². The molecule has 134 valence electrons. The highest BCUT2D eigenvalue weighted by Gasteiger charge is 2.32. The standard InChI is InChI=1S/C18H23FN4O2/c1-23(2)18(24)15-8-7-14(25-15)11-22-16(17-20-9-10-21-17)12-3-5-13(19)6-4-12/h3-6,9-10,14-16,22H,7-8,11H2,1-2H3,(H,20,21)/t14-,15+,16-/m1/s1. The molecule has 1 fully saturated rings. The lowest BCUT2D eigenvalue weighted by atomic mass is 10.1. The van der Waals surface area contributed by atoms with E-state index in [0.29, 0.717) is 6.54 Å². The van der Waals surface area contributed by atoms with Crippen LogP contribution in [0.2, 0.25) is 0 Å². The van der Waals surface area contributed by atoms with Crippen LogP contribution in [0.3, 0.4) is 0 Å². The van der Waals surface area contributed by atoms with Crippen LogP contribution in [0.1, 0.15) is 30.3 Å². The molecular formula is C18H23FN4O2. The van der Waals surface area contributed by atoms with E-state index in [1.54, 1.807) is 43.5 Å². The average Bonchev–Trinajstić information content (AvgIpc) is 3.28. The monoisotopic (exact) mass is 346 g/mol. The molecule has 0 unspecified atom stereocenters. The van der Waals surface area contributed by atoms with Gasteiger partial charge in [0.1, 0.15) is 17.7 Å². The molecule has 1 aliphatic rings. The fourth-order valence-corrected chi connectivity index (χ4v) is 3.04. The molecule has 0 bridgehead atoms. The van der Waals surface area contributed by atoms with Gasteiger partial charge in [0, 0.05) is 33.0 Å². The molecule has 1 saturated heterocycles.